The molecule has 0 saturated carbocycles. The highest BCUT2D eigenvalue weighted by Gasteiger charge is 2.26. The van der Waals surface area contributed by atoms with Crippen LogP contribution in [0, 0.1) is 5.82 Å². The van der Waals surface area contributed by atoms with Gasteiger partial charge in [-0.2, -0.15) is 13.2 Å². The molecule has 0 fully saturated rings. The molecule has 1 amide bonds. The Morgan fingerprint density at radius 1 is 1.40 bits per heavy atom. The summed E-state index contributed by atoms with van der Waals surface area (Å²) in [7, 11) is 0. The van der Waals surface area contributed by atoms with Gasteiger partial charge in [0.2, 0.25) is 0 Å². The van der Waals surface area contributed by atoms with E-state index in [1.807, 2.05) is 0 Å². The van der Waals surface area contributed by atoms with Crippen molar-refractivity contribution >= 4 is 11.6 Å². The molecule has 0 radical (unpaired) electrons. The molecule has 20 heavy (non-hydrogen) atoms. The van der Waals surface area contributed by atoms with Crippen molar-refractivity contribution < 1.29 is 22.4 Å². The normalized spacial score (nSPS) is 13.1. The van der Waals surface area contributed by atoms with Crippen LogP contribution in [-0.4, -0.2) is 18.1 Å². The molecule has 0 spiro atoms. The fourth-order valence-corrected chi connectivity index (χ4v) is 1.77. The summed E-state index contributed by atoms with van der Waals surface area (Å²) in [6.07, 6.45) is -4.69. The van der Waals surface area contributed by atoms with Gasteiger partial charge in [0.25, 0.3) is 5.91 Å². The lowest BCUT2D eigenvalue weighted by Crippen LogP contribution is -2.18. The Balaban J connectivity index is 2.56. The fourth-order valence-electron chi connectivity index (χ4n) is 1.77. The number of nitrogens with two attached hydrogens (primary N) is 1. The van der Waals surface area contributed by atoms with Gasteiger partial charge in [0, 0.05) is 18.2 Å². The number of hydrogen-bond acceptors (Lipinski definition) is 2. The molecule has 1 atom stereocenters. The smallest absolute Gasteiger partial charge is 0.383 e. The molecule has 7 heteroatoms. The SMILES string of the molecule is CC(CCCC(F)(F)F)Nc1ccc(F)c(C(N)=O)c1. The van der Waals surface area contributed by atoms with E-state index in [2.05, 4.69) is 5.32 Å². The molecule has 0 aliphatic rings. The molecule has 0 aliphatic carbocycles. The molecule has 0 saturated heterocycles. The van der Waals surface area contributed by atoms with E-state index in [-0.39, 0.29) is 18.0 Å². The number of rotatable bonds is 6. The van der Waals surface area contributed by atoms with Crippen LogP contribution in [0.15, 0.2) is 18.2 Å². The van der Waals surface area contributed by atoms with Crippen LogP contribution < -0.4 is 11.1 Å². The van der Waals surface area contributed by atoms with Gasteiger partial charge in [-0.25, -0.2) is 4.39 Å². The van der Waals surface area contributed by atoms with Crippen LogP contribution in [0.3, 0.4) is 0 Å². The van der Waals surface area contributed by atoms with Crippen LogP contribution in [0.2, 0.25) is 0 Å². The van der Waals surface area contributed by atoms with Gasteiger partial charge >= 0.3 is 6.18 Å². The molecule has 0 heterocycles. The van der Waals surface area contributed by atoms with Crippen molar-refractivity contribution in [3.8, 4) is 0 Å². The topological polar surface area (TPSA) is 55.1 Å². The molecule has 0 aromatic heterocycles. The van der Waals surface area contributed by atoms with Gasteiger partial charge in [0.1, 0.15) is 5.82 Å². The van der Waals surface area contributed by atoms with E-state index in [4.69, 9.17) is 5.73 Å². The molecule has 112 valence electrons. The summed E-state index contributed by atoms with van der Waals surface area (Å²) in [6.45, 7) is 1.71. The molecule has 1 aromatic carbocycles. The Morgan fingerprint density at radius 3 is 2.60 bits per heavy atom. The molecular weight excluding hydrogens is 276 g/mol. The predicted molar refractivity (Wildman–Crippen MR) is 67.9 cm³/mol. The van der Waals surface area contributed by atoms with Gasteiger partial charge in [0.15, 0.2) is 0 Å². The van der Waals surface area contributed by atoms with Crippen molar-refractivity contribution in [2.75, 3.05) is 5.32 Å². The van der Waals surface area contributed by atoms with Crippen molar-refractivity contribution in [2.24, 2.45) is 5.73 Å². The van der Waals surface area contributed by atoms with E-state index in [0.717, 1.165) is 6.07 Å². The maximum atomic E-state index is 13.2. The zero-order valence-corrected chi connectivity index (χ0v) is 10.9. The van der Waals surface area contributed by atoms with E-state index in [9.17, 15) is 22.4 Å². The molecule has 1 aromatic rings. The quantitative estimate of drug-likeness (QED) is 0.789. The minimum Gasteiger partial charge on any atom is -0.383 e. The van der Waals surface area contributed by atoms with Crippen LogP contribution in [0.25, 0.3) is 0 Å². The Kier molecular flexibility index (Phi) is 5.35. The second-order valence-electron chi connectivity index (χ2n) is 4.61. The first kappa shape index (κ1) is 16.3. The minimum absolute atomic E-state index is 0.00153. The third-order valence-corrected chi connectivity index (χ3v) is 2.74. The van der Waals surface area contributed by atoms with E-state index < -0.39 is 24.3 Å². The summed E-state index contributed by atoms with van der Waals surface area (Å²) in [6, 6.07) is 3.51. The van der Waals surface area contributed by atoms with Crippen molar-refractivity contribution in [1.82, 2.24) is 0 Å². The van der Waals surface area contributed by atoms with Crippen LogP contribution in [0.4, 0.5) is 23.2 Å². The molecule has 3 N–H and O–H groups in total. The molecule has 1 unspecified atom stereocenters. The Labute approximate surface area is 114 Å². The van der Waals surface area contributed by atoms with E-state index in [1.54, 1.807) is 6.92 Å². The summed E-state index contributed by atoms with van der Waals surface area (Å²) >= 11 is 0. The van der Waals surface area contributed by atoms with E-state index in [1.165, 1.54) is 12.1 Å². The average Bonchev–Trinajstić information content (AvgIpc) is 2.29. The van der Waals surface area contributed by atoms with Crippen molar-refractivity contribution in [1.29, 1.82) is 0 Å². The fraction of sp³-hybridized carbons (Fsp3) is 0.462. The zero-order valence-electron chi connectivity index (χ0n) is 10.9. The third kappa shape index (κ3) is 5.46. The molecule has 0 aliphatic heterocycles. The van der Waals surface area contributed by atoms with Gasteiger partial charge in [-0.05, 0) is 38.0 Å². The number of benzene rings is 1. The lowest BCUT2D eigenvalue weighted by atomic mass is 10.1. The Hall–Kier alpha value is -1.79. The number of nitrogens with one attached hydrogen (secondary N) is 1. The van der Waals surface area contributed by atoms with Gasteiger partial charge in [-0.1, -0.05) is 0 Å². The molecule has 0 bridgehead atoms. The van der Waals surface area contributed by atoms with Crippen LogP contribution in [0.1, 0.15) is 36.5 Å². The second-order valence-corrected chi connectivity index (χ2v) is 4.61. The number of hydrogen-bond donors (Lipinski definition) is 2. The Bertz CT molecular complexity index is 474. The summed E-state index contributed by atoms with van der Waals surface area (Å²) in [5.41, 5.74) is 5.20. The van der Waals surface area contributed by atoms with Gasteiger partial charge in [-0.3, -0.25) is 4.79 Å². The first-order valence-corrected chi connectivity index (χ1v) is 6.11. The predicted octanol–water partition coefficient (Wildman–Crippen LogP) is 3.46. The minimum atomic E-state index is -4.16. The first-order valence-electron chi connectivity index (χ1n) is 6.11. The Morgan fingerprint density at radius 2 is 2.05 bits per heavy atom. The second kappa shape index (κ2) is 6.58. The number of primary amides is 1. The third-order valence-electron chi connectivity index (χ3n) is 2.74. The van der Waals surface area contributed by atoms with E-state index >= 15 is 0 Å². The number of carbonyl (C=O) groups excluding carboxylic acids is 1. The highest BCUT2D eigenvalue weighted by atomic mass is 19.4. The van der Waals surface area contributed by atoms with Crippen molar-refractivity contribution in [3.05, 3.63) is 29.6 Å². The highest BCUT2D eigenvalue weighted by molar-refractivity contribution is 5.94. The summed E-state index contributed by atoms with van der Waals surface area (Å²) in [5, 5.41) is 2.91. The monoisotopic (exact) mass is 292 g/mol. The van der Waals surface area contributed by atoms with Gasteiger partial charge in [0.05, 0.1) is 5.56 Å². The highest BCUT2D eigenvalue weighted by Crippen LogP contribution is 2.23. The van der Waals surface area contributed by atoms with Crippen LogP contribution >= 0.6 is 0 Å². The maximum absolute atomic E-state index is 13.2. The first-order chi connectivity index (χ1) is 9.19. The summed E-state index contributed by atoms with van der Waals surface area (Å²) in [4.78, 5) is 11.0. The molecule has 1 rings (SSSR count). The molecular formula is C13H16F4N2O. The summed E-state index contributed by atoms with van der Waals surface area (Å²) < 4.78 is 49.3. The molecule has 3 nitrogen and oxygen atoms in total. The summed E-state index contributed by atoms with van der Waals surface area (Å²) in [5.74, 6) is -1.62. The average molecular weight is 292 g/mol. The van der Waals surface area contributed by atoms with E-state index in [0.29, 0.717) is 12.1 Å². The van der Waals surface area contributed by atoms with Gasteiger partial charge in [-0.15, -0.1) is 0 Å². The lowest BCUT2D eigenvalue weighted by Gasteiger charge is -2.16. The lowest BCUT2D eigenvalue weighted by molar-refractivity contribution is -0.135. The number of alkyl halides is 3. The van der Waals surface area contributed by atoms with Crippen LogP contribution in [0.5, 0.6) is 0 Å². The number of amides is 1. The van der Waals surface area contributed by atoms with Crippen molar-refractivity contribution in [3.63, 3.8) is 0 Å². The van der Waals surface area contributed by atoms with Gasteiger partial charge < -0.3 is 11.1 Å². The maximum Gasteiger partial charge on any atom is 0.389 e. The standard InChI is InChI=1S/C13H16F4N2O/c1-8(3-2-6-13(15,16)17)19-9-4-5-11(14)10(7-9)12(18)20/h4-5,7-8,19H,2-3,6H2,1H3,(H2,18,20). The number of anilines is 1. The zero-order chi connectivity index (χ0) is 15.3. The van der Waals surface area contributed by atoms with Crippen molar-refractivity contribution in [2.45, 2.75) is 38.4 Å². The number of carbonyl (C=O) groups is 1. The number of halogens is 4. The largest absolute Gasteiger partial charge is 0.389 e. The van der Waals surface area contributed by atoms with Crippen LogP contribution in [-0.2, 0) is 0 Å².